The molecule has 25 heavy (non-hydrogen) atoms. The molecule has 1 N–H and O–H groups in total. The summed E-state index contributed by atoms with van der Waals surface area (Å²) in [6.07, 6.45) is 2.99. The smallest absolute Gasteiger partial charge is 0.275 e. The average molecular weight is 329 g/mol. The molecular formula is C19H15N5O. The Hall–Kier alpha value is -3.72. The van der Waals surface area contributed by atoms with E-state index in [1.807, 2.05) is 48.3 Å². The van der Waals surface area contributed by atoms with Crippen LogP contribution in [0, 0.1) is 11.3 Å². The van der Waals surface area contributed by atoms with Crippen LogP contribution in [-0.4, -0.2) is 22.9 Å². The fourth-order valence-electron chi connectivity index (χ4n) is 2.22. The number of hydrogen-bond acceptors (Lipinski definition) is 5. The molecule has 1 aromatic heterocycles. The number of nitriles is 1. The topological polar surface area (TPSA) is 81.9 Å². The van der Waals surface area contributed by atoms with E-state index in [9.17, 15) is 4.79 Å². The first-order valence-corrected chi connectivity index (χ1v) is 7.60. The van der Waals surface area contributed by atoms with Gasteiger partial charge in [-0.1, -0.05) is 18.2 Å². The highest BCUT2D eigenvalue weighted by molar-refractivity contribution is 6.02. The van der Waals surface area contributed by atoms with Gasteiger partial charge in [-0.2, -0.15) is 5.26 Å². The molecule has 0 spiro atoms. The Morgan fingerprint density at radius 1 is 1.04 bits per heavy atom. The molecule has 0 unspecified atom stereocenters. The van der Waals surface area contributed by atoms with Gasteiger partial charge in [0, 0.05) is 18.4 Å². The van der Waals surface area contributed by atoms with Crippen molar-refractivity contribution in [2.75, 3.05) is 17.3 Å². The second-order valence-corrected chi connectivity index (χ2v) is 5.30. The van der Waals surface area contributed by atoms with Crippen molar-refractivity contribution in [3.63, 3.8) is 0 Å². The molecule has 6 nitrogen and oxygen atoms in total. The summed E-state index contributed by atoms with van der Waals surface area (Å²) in [5.74, 6) is 0.284. The van der Waals surface area contributed by atoms with E-state index in [1.54, 1.807) is 30.5 Å². The summed E-state index contributed by atoms with van der Waals surface area (Å²) < 4.78 is 0. The van der Waals surface area contributed by atoms with E-state index in [1.165, 1.54) is 6.20 Å². The summed E-state index contributed by atoms with van der Waals surface area (Å²) in [5.41, 5.74) is 2.32. The number of carbonyl (C=O) groups excluding carboxylic acids is 1. The van der Waals surface area contributed by atoms with Crippen molar-refractivity contribution in [2.45, 2.75) is 0 Å². The SMILES string of the molecule is CN(c1ccccc1)c1cnc(C(=O)Nc2ccc(C#N)cc2)cn1. The summed E-state index contributed by atoms with van der Waals surface area (Å²) in [5, 5.41) is 11.5. The lowest BCUT2D eigenvalue weighted by molar-refractivity contribution is 0.102. The van der Waals surface area contributed by atoms with Crippen molar-refractivity contribution >= 4 is 23.1 Å². The monoisotopic (exact) mass is 329 g/mol. The third-order valence-corrected chi connectivity index (χ3v) is 3.63. The Labute approximate surface area is 145 Å². The van der Waals surface area contributed by atoms with Crippen LogP contribution >= 0.6 is 0 Å². The van der Waals surface area contributed by atoms with Gasteiger partial charge in [-0.15, -0.1) is 0 Å². The largest absolute Gasteiger partial charge is 0.328 e. The van der Waals surface area contributed by atoms with Crippen LogP contribution in [0.25, 0.3) is 0 Å². The van der Waals surface area contributed by atoms with Gasteiger partial charge in [0.2, 0.25) is 0 Å². The maximum atomic E-state index is 12.2. The van der Waals surface area contributed by atoms with Crippen molar-refractivity contribution in [1.82, 2.24) is 9.97 Å². The van der Waals surface area contributed by atoms with Crippen molar-refractivity contribution in [3.8, 4) is 6.07 Å². The van der Waals surface area contributed by atoms with Gasteiger partial charge in [-0.3, -0.25) is 4.79 Å². The van der Waals surface area contributed by atoms with Crippen LogP contribution in [0.4, 0.5) is 17.2 Å². The van der Waals surface area contributed by atoms with Gasteiger partial charge in [-0.25, -0.2) is 9.97 Å². The lowest BCUT2D eigenvalue weighted by Gasteiger charge is -2.17. The molecular weight excluding hydrogens is 314 g/mol. The molecule has 1 amide bonds. The zero-order chi connectivity index (χ0) is 17.6. The van der Waals surface area contributed by atoms with E-state index in [0.717, 1.165) is 5.69 Å². The third-order valence-electron chi connectivity index (χ3n) is 3.63. The van der Waals surface area contributed by atoms with E-state index in [2.05, 4.69) is 15.3 Å². The van der Waals surface area contributed by atoms with Gasteiger partial charge in [0.05, 0.1) is 24.0 Å². The van der Waals surface area contributed by atoms with Crippen LogP contribution in [0.3, 0.4) is 0 Å². The van der Waals surface area contributed by atoms with Crippen LogP contribution in [0.5, 0.6) is 0 Å². The van der Waals surface area contributed by atoms with Crippen LogP contribution in [0.1, 0.15) is 16.1 Å². The number of nitrogens with one attached hydrogen (secondary N) is 1. The Morgan fingerprint density at radius 3 is 2.36 bits per heavy atom. The second kappa shape index (κ2) is 7.23. The normalized spacial score (nSPS) is 9.92. The quantitative estimate of drug-likeness (QED) is 0.793. The molecule has 0 bridgehead atoms. The Morgan fingerprint density at radius 2 is 1.76 bits per heavy atom. The highest BCUT2D eigenvalue weighted by Gasteiger charge is 2.11. The number of amides is 1. The fraction of sp³-hybridized carbons (Fsp3) is 0.0526. The van der Waals surface area contributed by atoms with E-state index in [4.69, 9.17) is 5.26 Å². The number of hydrogen-bond donors (Lipinski definition) is 1. The molecule has 0 atom stereocenters. The summed E-state index contributed by atoms with van der Waals surface area (Å²) in [6.45, 7) is 0. The van der Waals surface area contributed by atoms with Gasteiger partial charge in [-0.05, 0) is 36.4 Å². The minimum Gasteiger partial charge on any atom is -0.328 e. The molecule has 3 rings (SSSR count). The number of rotatable bonds is 4. The standard InChI is InChI=1S/C19H15N5O/c1-24(16-5-3-2-4-6-16)18-13-21-17(12-22-18)19(25)23-15-9-7-14(11-20)8-10-15/h2-10,12-13H,1H3,(H,23,25). The summed E-state index contributed by atoms with van der Waals surface area (Å²) in [4.78, 5) is 22.6. The molecule has 0 aliphatic heterocycles. The number of nitrogens with zero attached hydrogens (tertiary/aromatic N) is 4. The maximum Gasteiger partial charge on any atom is 0.275 e. The minimum absolute atomic E-state index is 0.217. The molecule has 1 heterocycles. The number of anilines is 3. The van der Waals surface area contributed by atoms with Crippen molar-refractivity contribution in [2.24, 2.45) is 0 Å². The van der Waals surface area contributed by atoms with Gasteiger partial charge in [0.1, 0.15) is 5.69 Å². The number of benzene rings is 2. The number of carbonyl (C=O) groups is 1. The Bertz CT molecular complexity index is 899. The Kier molecular flexibility index (Phi) is 4.67. The number of para-hydroxylation sites is 1. The number of aromatic nitrogens is 2. The van der Waals surface area contributed by atoms with E-state index < -0.39 is 0 Å². The predicted octanol–water partition coefficient (Wildman–Crippen LogP) is 3.37. The van der Waals surface area contributed by atoms with Crippen LogP contribution in [0.15, 0.2) is 67.0 Å². The van der Waals surface area contributed by atoms with Crippen LogP contribution in [0.2, 0.25) is 0 Å². The molecule has 2 aromatic carbocycles. The molecule has 0 saturated carbocycles. The summed E-state index contributed by atoms with van der Waals surface area (Å²) in [7, 11) is 1.88. The van der Waals surface area contributed by atoms with Gasteiger partial charge in [0.25, 0.3) is 5.91 Å². The lowest BCUT2D eigenvalue weighted by Crippen LogP contribution is -2.16. The van der Waals surface area contributed by atoms with Gasteiger partial charge >= 0.3 is 0 Å². The van der Waals surface area contributed by atoms with E-state index in [0.29, 0.717) is 17.1 Å². The van der Waals surface area contributed by atoms with Crippen molar-refractivity contribution in [3.05, 3.63) is 78.2 Å². The van der Waals surface area contributed by atoms with Gasteiger partial charge in [0.15, 0.2) is 5.82 Å². The zero-order valence-corrected chi connectivity index (χ0v) is 13.5. The zero-order valence-electron chi connectivity index (χ0n) is 13.5. The van der Waals surface area contributed by atoms with Crippen LogP contribution < -0.4 is 10.2 Å². The predicted molar refractivity (Wildman–Crippen MR) is 95.6 cm³/mol. The third kappa shape index (κ3) is 3.79. The minimum atomic E-state index is -0.355. The first-order valence-electron chi connectivity index (χ1n) is 7.60. The molecule has 0 radical (unpaired) electrons. The molecule has 0 saturated heterocycles. The fourth-order valence-corrected chi connectivity index (χ4v) is 2.22. The summed E-state index contributed by atoms with van der Waals surface area (Å²) >= 11 is 0. The Balaban J connectivity index is 1.71. The van der Waals surface area contributed by atoms with E-state index in [-0.39, 0.29) is 11.6 Å². The van der Waals surface area contributed by atoms with Crippen LogP contribution in [-0.2, 0) is 0 Å². The molecule has 3 aromatic rings. The maximum absolute atomic E-state index is 12.2. The first kappa shape index (κ1) is 16.1. The lowest BCUT2D eigenvalue weighted by atomic mass is 10.2. The molecule has 0 aliphatic rings. The first-order chi connectivity index (χ1) is 12.2. The average Bonchev–Trinajstić information content (AvgIpc) is 2.69. The van der Waals surface area contributed by atoms with E-state index >= 15 is 0 Å². The molecule has 122 valence electrons. The highest BCUT2D eigenvalue weighted by Crippen LogP contribution is 2.20. The van der Waals surface area contributed by atoms with Gasteiger partial charge < -0.3 is 10.2 Å². The van der Waals surface area contributed by atoms with Crippen molar-refractivity contribution < 1.29 is 4.79 Å². The second-order valence-electron chi connectivity index (χ2n) is 5.30. The molecule has 0 fully saturated rings. The van der Waals surface area contributed by atoms with Crippen molar-refractivity contribution in [1.29, 1.82) is 5.26 Å². The highest BCUT2D eigenvalue weighted by atomic mass is 16.1. The summed E-state index contributed by atoms with van der Waals surface area (Å²) in [6, 6.07) is 18.4. The molecule has 6 heteroatoms. The molecule has 0 aliphatic carbocycles.